The Bertz CT molecular complexity index is 1160. The Hall–Kier alpha value is -3.60. The Morgan fingerprint density at radius 3 is 1.32 bits per heavy atom. The van der Waals surface area contributed by atoms with Crippen LogP contribution in [0.2, 0.25) is 0 Å². The second kappa shape index (κ2) is 5.97. The molecule has 0 spiro atoms. The van der Waals surface area contributed by atoms with Crippen LogP contribution in [0.5, 0.6) is 0 Å². The fourth-order valence-electron chi connectivity index (χ4n) is 7.00. The zero-order chi connectivity index (χ0) is 21.4. The second-order valence-electron chi connectivity index (χ2n) is 9.61. The van der Waals surface area contributed by atoms with E-state index in [1.807, 2.05) is 0 Å². The van der Waals surface area contributed by atoms with E-state index in [1.54, 1.807) is 0 Å². The highest BCUT2D eigenvalue weighted by molar-refractivity contribution is 5.62. The Morgan fingerprint density at radius 1 is 0.581 bits per heavy atom. The average Bonchev–Trinajstić information content (AvgIpc) is 3.61. The first kappa shape index (κ1) is 18.2. The van der Waals surface area contributed by atoms with Gasteiger partial charge in [-0.3, -0.25) is 0 Å². The van der Waals surface area contributed by atoms with Crippen molar-refractivity contribution in [2.75, 3.05) is 0 Å². The average molecular weight is 400 g/mol. The van der Waals surface area contributed by atoms with Crippen LogP contribution < -0.4 is 0 Å². The first-order chi connectivity index (χ1) is 15.1. The van der Waals surface area contributed by atoms with Crippen LogP contribution in [0.25, 0.3) is 0 Å². The third-order valence-corrected chi connectivity index (χ3v) is 8.49. The third-order valence-electron chi connectivity index (χ3n) is 8.49. The molecule has 0 aliphatic heterocycles. The van der Waals surface area contributed by atoms with E-state index in [4.69, 9.17) is 0 Å². The zero-order valence-corrected chi connectivity index (χ0v) is 17.1. The lowest BCUT2D eigenvalue weighted by atomic mass is 9.42. The van der Waals surface area contributed by atoms with Gasteiger partial charge in [-0.2, -0.15) is 21.0 Å². The van der Waals surface area contributed by atoms with Gasteiger partial charge in [-0.1, -0.05) is 36.4 Å². The molecule has 4 atom stereocenters. The summed E-state index contributed by atoms with van der Waals surface area (Å²) in [4.78, 5) is 0. The van der Waals surface area contributed by atoms with Crippen molar-refractivity contribution in [2.45, 2.75) is 43.9 Å². The quantitative estimate of drug-likeness (QED) is 0.652. The lowest BCUT2D eigenvalue weighted by molar-refractivity contribution is 0.105. The number of hydrogen-bond donors (Lipinski definition) is 0. The molecule has 0 heterocycles. The predicted molar refractivity (Wildman–Crippen MR) is 112 cm³/mol. The number of benzene rings is 2. The Balaban J connectivity index is 1.65. The fourth-order valence-corrected chi connectivity index (χ4v) is 7.00. The van der Waals surface area contributed by atoms with Crippen molar-refractivity contribution in [3.05, 3.63) is 69.8 Å². The molecule has 0 N–H and O–H groups in total. The first-order valence-corrected chi connectivity index (χ1v) is 11.0. The maximum absolute atomic E-state index is 10.3. The Morgan fingerprint density at radius 2 is 0.968 bits per heavy atom. The molecule has 2 fully saturated rings. The van der Waals surface area contributed by atoms with Gasteiger partial charge in [0.15, 0.2) is 10.8 Å². The van der Waals surface area contributed by atoms with Crippen LogP contribution in [-0.4, -0.2) is 0 Å². The fraction of sp³-hybridized carbons (Fsp3) is 0.407. The molecule has 0 radical (unpaired) electrons. The smallest absolute Gasteiger partial charge is 0.183 e. The zero-order valence-electron chi connectivity index (χ0n) is 17.1. The van der Waals surface area contributed by atoms with Crippen LogP contribution in [0.4, 0.5) is 0 Å². The van der Waals surface area contributed by atoms with Crippen molar-refractivity contribution < 1.29 is 0 Å². The minimum absolute atomic E-state index is 0.229. The molecular weight excluding hydrogens is 380 g/mol. The summed E-state index contributed by atoms with van der Waals surface area (Å²) in [5.74, 6) is -0.255. The van der Waals surface area contributed by atoms with Crippen LogP contribution in [0.1, 0.15) is 51.6 Å². The molecule has 0 aromatic heterocycles. The molecule has 31 heavy (non-hydrogen) atoms. The first-order valence-electron chi connectivity index (χ1n) is 11.0. The summed E-state index contributed by atoms with van der Waals surface area (Å²) in [6.45, 7) is 0. The van der Waals surface area contributed by atoms with E-state index in [1.165, 1.54) is 22.3 Å². The van der Waals surface area contributed by atoms with Gasteiger partial charge in [-0.15, -0.1) is 0 Å². The van der Waals surface area contributed by atoms with Crippen LogP contribution in [0.3, 0.4) is 0 Å². The standard InChI is InChI=1S/C27H20N4/c28-12-26(13-29)24-20-11-21(20)25(27(26,14-30)15-31)23-19-8-6-17-2-1-16(3-4-17)5-7-18(9-10-19)22(23)24/h1-4,9-10,20-21,24-25H,5-8,11H2. The van der Waals surface area contributed by atoms with Crippen molar-refractivity contribution >= 4 is 0 Å². The number of nitrogens with zero attached hydrogens (tertiary/aromatic N) is 4. The largest absolute Gasteiger partial charge is 0.196 e. The Kier molecular flexibility index (Phi) is 3.51. The van der Waals surface area contributed by atoms with E-state index >= 15 is 0 Å². The number of fused-ring (bicyclic) bond motifs is 1. The lowest BCUT2D eigenvalue weighted by Gasteiger charge is -2.53. The molecule has 4 heteroatoms. The van der Waals surface area contributed by atoms with Gasteiger partial charge in [0.05, 0.1) is 24.3 Å². The van der Waals surface area contributed by atoms with Crippen molar-refractivity contribution in [3.8, 4) is 24.3 Å². The maximum Gasteiger partial charge on any atom is 0.183 e. The van der Waals surface area contributed by atoms with E-state index in [9.17, 15) is 21.0 Å². The number of rotatable bonds is 0. The van der Waals surface area contributed by atoms with Crippen molar-refractivity contribution in [1.29, 1.82) is 21.0 Å². The molecule has 2 aromatic rings. The van der Waals surface area contributed by atoms with E-state index in [-0.39, 0.29) is 23.7 Å². The molecule has 10 rings (SSSR count). The predicted octanol–water partition coefficient (Wildman–Crippen LogP) is 4.47. The van der Waals surface area contributed by atoms with E-state index < -0.39 is 10.8 Å². The summed E-state index contributed by atoms with van der Waals surface area (Å²) in [6.07, 6.45) is 4.36. The van der Waals surface area contributed by atoms with Crippen LogP contribution in [0, 0.1) is 68.0 Å². The van der Waals surface area contributed by atoms with Gasteiger partial charge in [0.1, 0.15) is 0 Å². The summed E-state index contributed by atoms with van der Waals surface area (Å²) in [5.41, 5.74) is 3.95. The van der Waals surface area contributed by atoms with Gasteiger partial charge in [0.25, 0.3) is 0 Å². The molecule has 2 aromatic carbocycles. The molecule has 2 saturated carbocycles. The van der Waals surface area contributed by atoms with Gasteiger partial charge >= 0.3 is 0 Å². The van der Waals surface area contributed by atoms with E-state index in [2.05, 4.69) is 60.7 Å². The molecule has 148 valence electrons. The maximum atomic E-state index is 10.3. The number of nitriles is 4. The summed E-state index contributed by atoms with van der Waals surface area (Å²) >= 11 is 0. The van der Waals surface area contributed by atoms with Crippen molar-refractivity contribution in [3.63, 3.8) is 0 Å². The van der Waals surface area contributed by atoms with Crippen molar-refractivity contribution in [1.82, 2.24) is 0 Å². The molecule has 6 bridgehead atoms. The molecule has 0 amide bonds. The van der Waals surface area contributed by atoms with Gasteiger partial charge < -0.3 is 0 Å². The highest BCUT2D eigenvalue weighted by Crippen LogP contribution is 2.79. The van der Waals surface area contributed by atoms with Crippen LogP contribution in [0.15, 0.2) is 36.4 Å². The SMILES string of the molecule is N#CC1(C#N)C2c3c4ccc(c3C(C3CC32)C1(C#N)C#N)CCc1ccc(cc1)CC4. The van der Waals surface area contributed by atoms with Gasteiger partial charge in [0.2, 0.25) is 0 Å². The molecule has 8 aliphatic rings. The monoisotopic (exact) mass is 400 g/mol. The van der Waals surface area contributed by atoms with Gasteiger partial charge in [0, 0.05) is 11.8 Å². The van der Waals surface area contributed by atoms with Crippen LogP contribution in [-0.2, 0) is 25.7 Å². The van der Waals surface area contributed by atoms with Gasteiger partial charge in [-0.25, -0.2) is 0 Å². The number of hydrogen-bond acceptors (Lipinski definition) is 4. The summed E-state index contributed by atoms with van der Waals surface area (Å²) in [7, 11) is 0. The molecule has 4 unspecified atom stereocenters. The topological polar surface area (TPSA) is 95.2 Å². The molecule has 4 nitrogen and oxygen atoms in total. The minimum atomic E-state index is -1.61. The highest BCUT2D eigenvalue weighted by atomic mass is 14.8. The third kappa shape index (κ3) is 2.01. The highest BCUT2D eigenvalue weighted by Gasteiger charge is 2.78. The summed E-state index contributed by atoms with van der Waals surface area (Å²) < 4.78 is 0. The molecule has 8 aliphatic carbocycles. The van der Waals surface area contributed by atoms with Crippen molar-refractivity contribution in [2.24, 2.45) is 22.7 Å². The van der Waals surface area contributed by atoms with Crippen LogP contribution >= 0.6 is 0 Å². The van der Waals surface area contributed by atoms with E-state index in [0.717, 1.165) is 43.2 Å². The minimum Gasteiger partial charge on any atom is -0.196 e. The second-order valence-corrected chi connectivity index (χ2v) is 9.61. The molecule has 0 saturated heterocycles. The summed E-state index contributed by atoms with van der Waals surface area (Å²) in [5, 5.41) is 41.2. The van der Waals surface area contributed by atoms with E-state index in [0.29, 0.717) is 0 Å². The van der Waals surface area contributed by atoms with Gasteiger partial charge in [-0.05, 0) is 77.3 Å². The normalized spacial score (nSPS) is 29.7. The Labute approximate surface area is 182 Å². The lowest BCUT2D eigenvalue weighted by Crippen LogP contribution is -2.55. The number of aryl methyl sites for hydroxylation is 4. The summed E-state index contributed by atoms with van der Waals surface area (Å²) in [6, 6.07) is 22.1. The molecular formula is C27H20N4.